The summed E-state index contributed by atoms with van der Waals surface area (Å²) in [5, 5.41) is 16.2. The second kappa shape index (κ2) is 7.89. The highest BCUT2D eigenvalue weighted by molar-refractivity contribution is 5.79. The Bertz CT molecular complexity index is 673. The number of hydrogen-bond acceptors (Lipinski definition) is 3. The van der Waals surface area contributed by atoms with Crippen LogP contribution in [-0.2, 0) is 4.79 Å². The fraction of sp³-hybridized carbons (Fsp3) is 0.619. The van der Waals surface area contributed by atoms with E-state index in [4.69, 9.17) is 0 Å². The molecule has 2 fully saturated rings. The third-order valence-corrected chi connectivity index (χ3v) is 6.24. The molecule has 1 saturated heterocycles. The van der Waals surface area contributed by atoms with Gasteiger partial charge in [0.2, 0.25) is 0 Å². The van der Waals surface area contributed by atoms with Crippen molar-refractivity contribution in [2.75, 3.05) is 19.6 Å². The fourth-order valence-corrected chi connectivity index (χ4v) is 4.37. The summed E-state index contributed by atoms with van der Waals surface area (Å²) in [5.41, 5.74) is 0.315. The highest BCUT2D eigenvalue weighted by Gasteiger charge is 2.43. The van der Waals surface area contributed by atoms with Crippen LogP contribution in [0.5, 0.6) is 0 Å². The molecule has 1 heterocycles. The topological polar surface area (TPSA) is 81.7 Å². The lowest BCUT2D eigenvalue weighted by Crippen LogP contribution is -2.54. The number of rotatable bonds is 6. The molecule has 1 aliphatic carbocycles. The minimum atomic E-state index is -0.831. The van der Waals surface area contributed by atoms with E-state index in [9.17, 15) is 14.7 Å². The van der Waals surface area contributed by atoms with E-state index in [1.54, 1.807) is 11.8 Å². The molecule has 0 radical (unpaired) electrons. The Labute approximate surface area is 161 Å². The van der Waals surface area contributed by atoms with Gasteiger partial charge in [-0.3, -0.25) is 4.79 Å². The maximum atomic E-state index is 12.6. The highest BCUT2D eigenvalue weighted by atomic mass is 16.4. The van der Waals surface area contributed by atoms with Gasteiger partial charge in [-0.1, -0.05) is 43.2 Å². The van der Waals surface area contributed by atoms with E-state index in [2.05, 4.69) is 29.7 Å². The Morgan fingerprint density at radius 3 is 2.44 bits per heavy atom. The van der Waals surface area contributed by atoms with Gasteiger partial charge in [-0.15, -0.1) is 0 Å². The minimum absolute atomic E-state index is 0.0965. The zero-order valence-electron chi connectivity index (χ0n) is 16.3. The van der Waals surface area contributed by atoms with E-state index in [0.29, 0.717) is 19.5 Å². The second-order valence-corrected chi connectivity index (χ2v) is 8.46. The number of carboxylic acids is 1. The lowest BCUT2D eigenvalue weighted by molar-refractivity contribution is -0.147. The largest absolute Gasteiger partial charge is 0.481 e. The van der Waals surface area contributed by atoms with E-state index in [1.165, 1.54) is 5.56 Å². The molecule has 3 N–H and O–H groups in total. The molecule has 6 nitrogen and oxygen atoms in total. The number of carbonyl (C=O) groups excluding carboxylic acids is 1. The number of carbonyl (C=O) groups is 2. The number of aliphatic carboxylic acids is 1. The first-order valence-electron chi connectivity index (χ1n) is 9.92. The van der Waals surface area contributed by atoms with Crippen molar-refractivity contribution in [2.24, 2.45) is 5.41 Å². The number of nitrogens with one attached hydrogen (secondary N) is 2. The molecular weight excluding hydrogens is 342 g/mol. The summed E-state index contributed by atoms with van der Waals surface area (Å²) in [4.78, 5) is 25.6. The van der Waals surface area contributed by atoms with Crippen molar-refractivity contribution in [1.29, 1.82) is 0 Å². The van der Waals surface area contributed by atoms with Gasteiger partial charge >= 0.3 is 12.0 Å². The first-order chi connectivity index (χ1) is 12.8. The summed E-state index contributed by atoms with van der Waals surface area (Å²) in [7, 11) is 0. The van der Waals surface area contributed by atoms with Crippen molar-refractivity contribution in [3.63, 3.8) is 0 Å². The van der Waals surface area contributed by atoms with Crippen molar-refractivity contribution in [2.45, 2.75) is 57.5 Å². The van der Waals surface area contributed by atoms with Gasteiger partial charge in [0.1, 0.15) is 0 Å². The molecule has 148 valence electrons. The molecule has 6 heteroatoms. The standard InChI is InChI=1S/C21H31N3O3/c1-16(17-8-4-3-5-9-17)23-21(10-6-7-11-21)14-22-19(27)24-13-12-20(2,15-24)18(25)26/h3-5,8-9,16,23H,6-7,10-15H2,1-2H3,(H,22,27)(H,25,26). The predicted molar refractivity (Wildman–Crippen MR) is 105 cm³/mol. The molecule has 2 atom stereocenters. The minimum Gasteiger partial charge on any atom is -0.481 e. The average molecular weight is 373 g/mol. The molecule has 1 aromatic rings. The van der Waals surface area contributed by atoms with Crippen LogP contribution in [0.2, 0.25) is 0 Å². The molecular formula is C21H31N3O3. The number of likely N-dealkylation sites (tertiary alicyclic amines) is 1. The molecule has 1 saturated carbocycles. The lowest BCUT2D eigenvalue weighted by atomic mass is 9.90. The first kappa shape index (κ1) is 19.7. The number of benzene rings is 1. The zero-order valence-corrected chi connectivity index (χ0v) is 16.3. The normalized spacial score (nSPS) is 25.3. The Morgan fingerprint density at radius 1 is 1.19 bits per heavy atom. The smallest absolute Gasteiger partial charge is 0.317 e. The van der Waals surface area contributed by atoms with Crippen LogP contribution in [0.3, 0.4) is 0 Å². The SMILES string of the molecule is CC(NC1(CNC(=O)N2CCC(C)(C(=O)O)C2)CCCC1)c1ccccc1. The molecule has 0 bridgehead atoms. The summed E-state index contributed by atoms with van der Waals surface area (Å²) >= 11 is 0. The van der Waals surface area contributed by atoms with Crippen molar-refractivity contribution in [3.8, 4) is 0 Å². The summed E-state index contributed by atoms with van der Waals surface area (Å²) in [6, 6.07) is 10.4. The van der Waals surface area contributed by atoms with Gasteiger partial charge in [-0.25, -0.2) is 4.79 Å². The zero-order chi connectivity index (χ0) is 19.5. The van der Waals surface area contributed by atoms with E-state index in [0.717, 1.165) is 25.7 Å². The second-order valence-electron chi connectivity index (χ2n) is 8.46. The molecule has 27 heavy (non-hydrogen) atoms. The van der Waals surface area contributed by atoms with Crippen LogP contribution < -0.4 is 10.6 Å². The van der Waals surface area contributed by atoms with Crippen LogP contribution in [0.15, 0.2) is 30.3 Å². The molecule has 1 aromatic carbocycles. The quantitative estimate of drug-likeness (QED) is 0.715. The first-order valence-corrected chi connectivity index (χ1v) is 9.92. The van der Waals surface area contributed by atoms with Crippen molar-refractivity contribution < 1.29 is 14.7 Å². The molecule has 1 aliphatic heterocycles. The Balaban J connectivity index is 1.58. The van der Waals surface area contributed by atoms with Gasteiger partial charge in [-0.2, -0.15) is 0 Å². The van der Waals surface area contributed by atoms with Crippen LogP contribution >= 0.6 is 0 Å². The van der Waals surface area contributed by atoms with E-state index < -0.39 is 11.4 Å². The van der Waals surface area contributed by atoms with Crippen molar-refractivity contribution in [3.05, 3.63) is 35.9 Å². The number of urea groups is 1. The third-order valence-electron chi connectivity index (χ3n) is 6.24. The number of amides is 2. The van der Waals surface area contributed by atoms with Crippen LogP contribution in [0.4, 0.5) is 4.79 Å². The average Bonchev–Trinajstić information content (AvgIpc) is 3.29. The summed E-state index contributed by atoms with van der Waals surface area (Å²) < 4.78 is 0. The number of carboxylic acid groups (broad SMARTS) is 1. The molecule has 2 amide bonds. The molecule has 2 unspecified atom stereocenters. The van der Waals surface area contributed by atoms with Gasteiger partial charge in [-0.05, 0) is 38.7 Å². The van der Waals surface area contributed by atoms with E-state index in [1.807, 2.05) is 18.2 Å². The van der Waals surface area contributed by atoms with Crippen molar-refractivity contribution >= 4 is 12.0 Å². The van der Waals surface area contributed by atoms with Crippen LogP contribution in [0.1, 0.15) is 57.6 Å². The van der Waals surface area contributed by atoms with Gasteiger partial charge in [0.25, 0.3) is 0 Å². The molecule has 0 aromatic heterocycles. The van der Waals surface area contributed by atoms with Crippen LogP contribution in [0.25, 0.3) is 0 Å². The Hall–Kier alpha value is -2.08. The number of nitrogens with zero attached hydrogens (tertiary/aromatic N) is 1. The van der Waals surface area contributed by atoms with E-state index in [-0.39, 0.29) is 24.2 Å². The van der Waals surface area contributed by atoms with Crippen LogP contribution in [-0.4, -0.2) is 47.2 Å². The highest BCUT2D eigenvalue weighted by Crippen LogP contribution is 2.33. The molecule has 2 aliphatic rings. The Kier molecular flexibility index (Phi) is 5.75. The van der Waals surface area contributed by atoms with Gasteiger partial charge in [0.05, 0.1) is 5.41 Å². The third kappa shape index (κ3) is 4.43. The summed E-state index contributed by atoms with van der Waals surface area (Å²) in [5.74, 6) is -0.830. The number of hydrogen-bond donors (Lipinski definition) is 3. The van der Waals surface area contributed by atoms with Gasteiger partial charge in [0.15, 0.2) is 0 Å². The van der Waals surface area contributed by atoms with Crippen molar-refractivity contribution in [1.82, 2.24) is 15.5 Å². The van der Waals surface area contributed by atoms with Gasteiger partial charge < -0.3 is 20.6 Å². The molecule has 0 spiro atoms. The maximum absolute atomic E-state index is 12.6. The maximum Gasteiger partial charge on any atom is 0.317 e. The predicted octanol–water partition coefficient (Wildman–Crippen LogP) is 3.16. The van der Waals surface area contributed by atoms with Gasteiger partial charge in [0, 0.05) is 31.2 Å². The summed E-state index contributed by atoms with van der Waals surface area (Å²) in [6.07, 6.45) is 4.90. The fourth-order valence-electron chi connectivity index (χ4n) is 4.37. The molecule has 3 rings (SSSR count). The summed E-state index contributed by atoms with van der Waals surface area (Å²) in [6.45, 7) is 5.22. The van der Waals surface area contributed by atoms with Crippen LogP contribution in [0, 0.1) is 5.41 Å². The Morgan fingerprint density at radius 2 is 1.85 bits per heavy atom. The lowest BCUT2D eigenvalue weighted by Gasteiger charge is -2.35. The van der Waals surface area contributed by atoms with E-state index >= 15 is 0 Å². The monoisotopic (exact) mass is 373 g/mol.